The van der Waals surface area contributed by atoms with Crippen LogP contribution in [0.3, 0.4) is 0 Å². The predicted octanol–water partition coefficient (Wildman–Crippen LogP) is 22.5. The van der Waals surface area contributed by atoms with Gasteiger partial charge < -0.3 is 9.80 Å². The van der Waals surface area contributed by atoms with E-state index in [0.29, 0.717) is 0 Å². The van der Waals surface area contributed by atoms with E-state index >= 15 is 0 Å². The average molecular weight is 1130 g/mol. The van der Waals surface area contributed by atoms with Crippen LogP contribution in [-0.4, -0.2) is 0 Å². The number of hydrogen-bond acceptors (Lipinski definition) is 2. The average Bonchev–Trinajstić information content (AvgIpc) is 1.42. The molecule has 422 valence electrons. The van der Waals surface area contributed by atoms with E-state index in [-0.39, 0.29) is 0 Å². The molecule has 0 spiro atoms. The van der Waals surface area contributed by atoms with Gasteiger partial charge in [-0.15, -0.1) is 0 Å². The lowest BCUT2D eigenvalue weighted by atomic mass is 9.67. The van der Waals surface area contributed by atoms with E-state index < -0.39 is 10.8 Å². The van der Waals surface area contributed by atoms with Gasteiger partial charge in [-0.25, -0.2) is 0 Å². The van der Waals surface area contributed by atoms with Crippen molar-refractivity contribution in [1.82, 2.24) is 0 Å². The normalized spacial score (nSPS) is 13.4. The first-order valence-corrected chi connectivity index (χ1v) is 31.7. The molecule has 0 bridgehead atoms. The Hall–Kier alpha value is -10.3. The number of aryl methyl sites for hydroxylation is 4. The Morgan fingerprint density at radius 1 is 0.261 bits per heavy atom. The van der Waals surface area contributed by atoms with E-state index in [2.05, 4.69) is 329 Å². The molecule has 14 aromatic rings. The van der Waals surface area contributed by atoms with E-state index in [0.717, 1.165) is 37.1 Å². The highest BCUT2D eigenvalue weighted by atomic mass is 15.2. The molecule has 14 aromatic carbocycles. The van der Waals surface area contributed by atoms with Crippen molar-refractivity contribution >= 4 is 66.4 Å². The van der Waals surface area contributed by atoms with Crippen molar-refractivity contribution in [2.45, 2.75) is 64.2 Å². The molecule has 2 nitrogen and oxygen atoms in total. The Kier molecular flexibility index (Phi) is 12.9. The standard InChI is InChI=1S/C86H68N2/c1-5-57-27-23-28-58(6-2)83(57)87(67-37-25-35-65(55-67)85(63-31-11-9-12-32-63)75-43-19-15-39-69(75)70-40-16-20-44-76(70)85)79-53-49-61-48-52-74-80(54-50-62-47-51-73(79)81(61)82(62)74)88(84-59(7-3)29-24-30-60(84)8-4)68-38-26-36-66(56-68)86(64-33-13-10-14-34-64)77-45-21-17-41-71(77)72-42-18-22-46-78(72)86/h9-56H,5-8H2,1-4H3. The summed E-state index contributed by atoms with van der Waals surface area (Å²) in [5, 5.41) is 7.45. The molecule has 88 heavy (non-hydrogen) atoms. The van der Waals surface area contributed by atoms with Crippen LogP contribution in [0.15, 0.2) is 291 Å². The zero-order chi connectivity index (χ0) is 59.1. The van der Waals surface area contributed by atoms with Gasteiger partial charge >= 0.3 is 0 Å². The van der Waals surface area contributed by atoms with Crippen LogP contribution in [0.4, 0.5) is 34.1 Å². The van der Waals surface area contributed by atoms with Crippen molar-refractivity contribution < 1.29 is 0 Å². The third kappa shape index (κ3) is 7.74. The second kappa shape index (κ2) is 21.3. The van der Waals surface area contributed by atoms with Gasteiger partial charge in [-0.3, -0.25) is 0 Å². The van der Waals surface area contributed by atoms with Crippen LogP contribution in [-0.2, 0) is 36.5 Å². The minimum atomic E-state index is -0.555. The maximum Gasteiger partial charge on any atom is 0.0714 e. The fourth-order valence-electron chi connectivity index (χ4n) is 16.1. The highest BCUT2D eigenvalue weighted by Crippen LogP contribution is 2.59. The first kappa shape index (κ1) is 53.2. The van der Waals surface area contributed by atoms with Crippen LogP contribution in [0, 0.1) is 0 Å². The summed E-state index contributed by atoms with van der Waals surface area (Å²) in [6.45, 7) is 9.24. The van der Waals surface area contributed by atoms with Crippen molar-refractivity contribution in [3.8, 4) is 22.3 Å². The topological polar surface area (TPSA) is 6.48 Å². The molecule has 0 saturated carbocycles. The summed E-state index contributed by atoms with van der Waals surface area (Å²) in [4.78, 5) is 5.26. The molecule has 16 rings (SSSR count). The van der Waals surface area contributed by atoms with Crippen LogP contribution in [0.25, 0.3) is 54.6 Å². The number of anilines is 6. The second-order valence-electron chi connectivity index (χ2n) is 24.0. The van der Waals surface area contributed by atoms with Crippen LogP contribution >= 0.6 is 0 Å². The molecule has 0 aliphatic heterocycles. The van der Waals surface area contributed by atoms with Gasteiger partial charge in [0.05, 0.1) is 33.6 Å². The Balaban J connectivity index is 0.945. The SMILES string of the molecule is CCc1cccc(CC)c1N(c1cccc(C2(c3ccccc3)c3ccccc3-c3ccccc32)c1)c1ccc2ccc3c(N(c4cccc(C5(c6ccccc6)c6ccccc6-c6ccccc65)c4)c4c(CC)cccc4CC)ccc4ccc1c2c43. The highest BCUT2D eigenvalue weighted by molar-refractivity contribution is 6.28. The van der Waals surface area contributed by atoms with Crippen LogP contribution in [0.1, 0.15) is 94.5 Å². The lowest BCUT2D eigenvalue weighted by Gasteiger charge is -2.36. The van der Waals surface area contributed by atoms with E-state index in [1.807, 2.05) is 0 Å². The van der Waals surface area contributed by atoms with Crippen molar-refractivity contribution in [2.75, 3.05) is 9.80 Å². The van der Waals surface area contributed by atoms with Gasteiger partial charge in [0.25, 0.3) is 0 Å². The third-order valence-corrected chi connectivity index (χ3v) is 19.9. The van der Waals surface area contributed by atoms with Gasteiger partial charge in [-0.05, 0) is 173 Å². The monoisotopic (exact) mass is 1130 g/mol. The maximum atomic E-state index is 2.63. The quantitative estimate of drug-likeness (QED) is 0.100. The van der Waals surface area contributed by atoms with E-state index in [1.165, 1.54) is 144 Å². The minimum Gasteiger partial charge on any atom is -0.309 e. The first-order valence-electron chi connectivity index (χ1n) is 31.7. The maximum absolute atomic E-state index is 2.63. The molecule has 0 amide bonds. The summed E-state index contributed by atoms with van der Waals surface area (Å²) >= 11 is 0. The number of benzene rings is 14. The zero-order valence-electron chi connectivity index (χ0n) is 50.4. The Labute approximate surface area is 517 Å². The fraction of sp³-hybridized carbons (Fsp3) is 0.116. The summed E-state index contributed by atoms with van der Waals surface area (Å²) in [7, 11) is 0. The molecule has 0 heterocycles. The molecular weight excluding hydrogens is 1060 g/mol. The minimum absolute atomic E-state index is 0.555. The molecule has 0 atom stereocenters. The molecule has 2 aliphatic carbocycles. The highest BCUT2D eigenvalue weighted by Gasteiger charge is 2.48. The van der Waals surface area contributed by atoms with Gasteiger partial charge in [0.2, 0.25) is 0 Å². The summed E-state index contributed by atoms with van der Waals surface area (Å²) in [5.41, 5.74) is 26.7. The molecule has 2 heteroatoms. The Morgan fingerprint density at radius 3 is 0.898 bits per heavy atom. The zero-order valence-corrected chi connectivity index (χ0v) is 50.4. The van der Waals surface area contributed by atoms with E-state index in [9.17, 15) is 0 Å². The summed E-state index contributed by atoms with van der Waals surface area (Å²) in [5.74, 6) is 0. The van der Waals surface area contributed by atoms with Crippen LogP contribution in [0.5, 0.6) is 0 Å². The fourth-order valence-corrected chi connectivity index (χ4v) is 16.1. The van der Waals surface area contributed by atoms with Gasteiger partial charge in [0.15, 0.2) is 0 Å². The first-order chi connectivity index (χ1) is 43.5. The molecular formula is C86H68N2. The number of fused-ring (bicyclic) bond motifs is 6. The number of rotatable bonds is 14. The van der Waals surface area contributed by atoms with Crippen molar-refractivity contribution in [1.29, 1.82) is 0 Å². The number of hydrogen-bond donors (Lipinski definition) is 0. The Morgan fingerprint density at radius 2 is 0.557 bits per heavy atom. The van der Waals surface area contributed by atoms with Gasteiger partial charge in [-0.1, -0.05) is 282 Å². The van der Waals surface area contributed by atoms with E-state index in [4.69, 9.17) is 0 Å². The third-order valence-electron chi connectivity index (χ3n) is 19.9. The summed E-state index contributed by atoms with van der Waals surface area (Å²) in [6, 6.07) is 111. The van der Waals surface area contributed by atoms with Crippen LogP contribution < -0.4 is 9.80 Å². The summed E-state index contributed by atoms with van der Waals surface area (Å²) < 4.78 is 0. The molecule has 0 radical (unpaired) electrons. The van der Waals surface area contributed by atoms with Crippen molar-refractivity contribution in [2.24, 2.45) is 0 Å². The number of nitrogens with zero attached hydrogens (tertiary/aromatic N) is 2. The summed E-state index contributed by atoms with van der Waals surface area (Å²) in [6.07, 6.45) is 3.57. The second-order valence-corrected chi connectivity index (χ2v) is 24.0. The van der Waals surface area contributed by atoms with Crippen molar-refractivity contribution in [3.05, 3.63) is 358 Å². The largest absolute Gasteiger partial charge is 0.309 e. The van der Waals surface area contributed by atoms with Gasteiger partial charge in [0, 0.05) is 22.1 Å². The molecule has 0 fully saturated rings. The van der Waals surface area contributed by atoms with Gasteiger partial charge in [0.1, 0.15) is 0 Å². The smallest absolute Gasteiger partial charge is 0.0714 e. The van der Waals surface area contributed by atoms with Crippen LogP contribution in [0.2, 0.25) is 0 Å². The molecule has 0 aromatic heterocycles. The molecule has 2 aliphatic rings. The van der Waals surface area contributed by atoms with E-state index in [1.54, 1.807) is 0 Å². The molecule has 0 unspecified atom stereocenters. The van der Waals surface area contributed by atoms with Crippen molar-refractivity contribution in [3.63, 3.8) is 0 Å². The molecule has 0 saturated heterocycles. The van der Waals surface area contributed by atoms with Gasteiger partial charge in [-0.2, -0.15) is 0 Å². The lowest BCUT2D eigenvalue weighted by molar-refractivity contribution is 0.768. The predicted molar refractivity (Wildman–Crippen MR) is 372 cm³/mol. The Bertz CT molecular complexity index is 4540. The lowest BCUT2D eigenvalue weighted by Crippen LogP contribution is -2.29. The molecule has 0 N–H and O–H groups in total. The number of para-hydroxylation sites is 2.